The summed E-state index contributed by atoms with van der Waals surface area (Å²) in [4.78, 5) is 23.7. The second-order valence-electron chi connectivity index (χ2n) is 5.14. The van der Waals surface area contributed by atoms with Gasteiger partial charge >= 0.3 is 11.9 Å². The molecule has 1 aliphatic rings. The number of ether oxygens (including phenoxy) is 2. The largest absolute Gasteiger partial charge is 0.465 e. The summed E-state index contributed by atoms with van der Waals surface area (Å²) in [6.07, 6.45) is 5.00. The van der Waals surface area contributed by atoms with Crippen LogP contribution in [0.2, 0.25) is 0 Å². The van der Waals surface area contributed by atoms with E-state index in [1.807, 2.05) is 0 Å². The molecule has 0 amide bonds. The highest BCUT2D eigenvalue weighted by Gasteiger charge is 2.23. The molecule has 6 heteroatoms. The van der Waals surface area contributed by atoms with Gasteiger partial charge in [0.2, 0.25) is 0 Å². The number of carbonyl (C=O) groups is 2. The van der Waals surface area contributed by atoms with Gasteiger partial charge < -0.3 is 20.9 Å². The van der Waals surface area contributed by atoms with Gasteiger partial charge in [-0.3, -0.25) is 0 Å². The molecule has 1 aliphatic carbocycles. The minimum Gasteiger partial charge on any atom is -0.465 e. The number of anilines is 2. The van der Waals surface area contributed by atoms with E-state index in [2.05, 4.69) is 4.74 Å². The summed E-state index contributed by atoms with van der Waals surface area (Å²) in [6.45, 7) is 0. The lowest BCUT2D eigenvalue weighted by Crippen LogP contribution is -2.22. The molecule has 0 bridgehead atoms. The smallest absolute Gasteiger partial charge is 0.340 e. The molecule has 1 aromatic rings. The first-order valence-corrected chi connectivity index (χ1v) is 7.01. The van der Waals surface area contributed by atoms with Gasteiger partial charge in [-0.1, -0.05) is 6.42 Å². The van der Waals surface area contributed by atoms with Crippen LogP contribution in [0.15, 0.2) is 12.1 Å². The van der Waals surface area contributed by atoms with Gasteiger partial charge in [0.1, 0.15) is 6.10 Å². The molecular weight excluding hydrogens is 272 g/mol. The standard InChI is InChI=1S/C15H20N2O4/c1-20-14(18)10-7-8-11(13(17)12(10)16)15(19)21-9-5-3-2-4-6-9/h7-9H,2-6,16-17H2,1H3. The molecule has 0 aliphatic heterocycles. The molecule has 0 saturated heterocycles. The van der Waals surface area contributed by atoms with Crippen LogP contribution in [0.3, 0.4) is 0 Å². The molecule has 6 nitrogen and oxygen atoms in total. The van der Waals surface area contributed by atoms with Gasteiger partial charge in [-0.2, -0.15) is 0 Å². The third-order valence-electron chi connectivity index (χ3n) is 3.74. The number of methoxy groups -OCH3 is 1. The molecule has 1 saturated carbocycles. The van der Waals surface area contributed by atoms with E-state index in [0.29, 0.717) is 0 Å². The van der Waals surface area contributed by atoms with E-state index in [1.54, 1.807) is 0 Å². The van der Waals surface area contributed by atoms with Crippen LogP contribution in [0.1, 0.15) is 52.8 Å². The summed E-state index contributed by atoms with van der Waals surface area (Å²) < 4.78 is 10.1. The number of carbonyl (C=O) groups excluding carboxylic acids is 2. The van der Waals surface area contributed by atoms with Crippen molar-refractivity contribution in [2.75, 3.05) is 18.6 Å². The van der Waals surface area contributed by atoms with Crippen LogP contribution >= 0.6 is 0 Å². The highest BCUT2D eigenvalue weighted by Crippen LogP contribution is 2.27. The predicted octanol–water partition coefficient (Wildman–Crippen LogP) is 2.13. The number of nitrogen functional groups attached to an aromatic ring is 2. The van der Waals surface area contributed by atoms with Crippen molar-refractivity contribution in [3.63, 3.8) is 0 Å². The average Bonchev–Trinajstić information content (AvgIpc) is 2.50. The molecule has 0 radical (unpaired) electrons. The van der Waals surface area contributed by atoms with E-state index in [-0.39, 0.29) is 28.6 Å². The molecule has 0 unspecified atom stereocenters. The first kappa shape index (κ1) is 15.2. The van der Waals surface area contributed by atoms with Crippen molar-refractivity contribution in [1.29, 1.82) is 0 Å². The monoisotopic (exact) mass is 292 g/mol. The highest BCUT2D eigenvalue weighted by atomic mass is 16.5. The Balaban J connectivity index is 2.17. The Labute approximate surface area is 123 Å². The summed E-state index contributed by atoms with van der Waals surface area (Å²) in [5.74, 6) is -1.09. The van der Waals surface area contributed by atoms with E-state index >= 15 is 0 Å². The van der Waals surface area contributed by atoms with Gasteiger partial charge in [-0.05, 0) is 37.8 Å². The van der Waals surface area contributed by atoms with Crippen molar-refractivity contribution >= 4 is 23.3 Å². The zero-order valence-corrected chi connectivity index (χ0v) is 12.1. The third-order valence-corrected chi connectivity index (χ3v) is 3.74. The van der Waals surface area contributed by atoms with E-state index in [0.717, 1.165) is 25.7 Å². The molecule has 1 fully saturated rings. The molecule has 0 atom stereocenters. The van der Waals surface area contributed by atoms with Gasteiger partial charge in [0.25, 0.3) is 0 Å². The number of hydrogen-bond acceptors (Lipinski definition) is 6. The molecule has 2 rings (SSSR count). The van der Waals surface area contributed by atoms with Crippen molar-refractivity contribution in [3.05, 3.63) is 23.3 Å². The highest BCUT2D eigenvalue weighted by molar-refractivity contribution is 6.04. The van der Waals surface area contributed by atoms with Gasteiger partial charge in [-0.15, -0.1) is 0 Å². The predicted molar refractivity (Wildman–Crippen MR) is 78.9 cm³/mol. The number of hydrogen-bond donors (Lipinski definition) is 2. The maximum atomic E-state index is 12.2. The molecule has 1 aromatic carbocycles. The van der Waals surface area contributed by atoms with E-state index in [1.165, 1.54) is 25.7 Å². The lowest BCUT2D eigenvalue weighted by atomic mass is 9.97. The Hall–Kier alpha value is -2.24. The normalized spacial score (nSPS) is 15.5. The van der Waals surface area contributed by atoms with Crippen molar-refractivity contribution in [3.8, 4) is 0 Å². The summed E-state index contributed by atoms with van der Waals surface area (Å²) >= 11 is 0. The number of nitrogens with two attached hydrogens (primary N) is 2. The third kappa shape index (κ3) is 3.26. The minimum atomic E-state index is -0.591. The van der Waals surface area contributed by atoms with Crippen LogP contribution < -0.4 is 11.5 Å². The second-order valence-corrected chi connectivity index (χ2v) is 5.14. The maximum absolute atomic E-state index is 12.2. The van der Waals surface area contributed by atoms with Crippen molar-refractivity contribution in [2.24, 2.45) is 0 Å². The molecule has 0 aromatic heterocycles. The van der Waals surface area contributed by atoms with Gasteiger partial charge in [0, 0.05) is 0 Å². The molecule has 4 N–H and O–H groups in total. The molecule has 114 valence electrons. The SMILES string of the molecule is COC(=O)c1ccc(C(=O)OC2CCCCC2)c(N)c1N. The maximum Gasteiger partial charge on any atom is 0.340 e. The summed E-state index contributed by atoms with van der Waals surface area (Å²) in [7, 11) is 1.25. The fourth-order valence-electron chi connectivity index (χ4n) is 2.50. The van der Waals surface area contributed by atoms with Crippen LogP contribution in [-0.2, 0) is 9.47 Å². The van der Waals surface area contributed by atoms with Crippen LogP contribution in [0.5, 0.6) is 0 Å². The van der Waals surface area contributed by atoms with E-state index in [4.69, 9.17) is 16.2 Å². The lowest BCUT2D eigenvalue weighted by Gasteiger charge is -2.22. The topological polar surface area (TPSA) is 105 Å². The van der Waals surface area contributed by atoms with E-state index in [9.17, 15) is 9.59 Å². The molecular formula is C15H20N2O4. The van der Waals surface area contributed by atoms with Gasteiger partial charge in [-0.25, -0.2) is 9.59 Å². The molecule has 21 heavy (non-hydrogen) atoms. The summed E-state index contributed by atoms with van der Waals surface area (Å²) in [5.41, 5.74) is 12.1. The zero-order valence-electron chi connectivity index (χ0n) is 12.1. The number of benzene rings is 1. The van der Waals surface area contributed by atoms with Crippen LogP contribution in [0, 0.1) is 0 Å². The first-order valence-electron chi connectivity index (χ1n) is 7.01. The Morgan fingerprint density at radius 1 is 1.00 bits per heavy atom. The van der Waals surface area contributed by atoms with Crippen LogP contribution in [0.25, 0.3) is 0 Å². The van der Waals surface area contributed by atoms with Gasteiger partial charge in [0.05, 0.1) is 29.6 Å². The zero-order chi connectivity index (χ0) is 15.4. The Bertz CT molecular complexity index is 551. The molecule has 0 heterocycles. The average molecular weight is 292 g/mol. The minimum absolute atomic E-state index is 0.0416. The fourth-order valence-corrected chi connectivity index (χ4v) is 2.50. The van der Waals surface area contributed by atoms with Crippen molar-refractivity contribution in [2.45, 2.75) is 38.2 Å². The van der Waals surface area contributed by atoms with Crippen LogP contribution in [-0.4, -0.2) is 25.2 Å². The van der Waals surface area contributed by atoms with E-state index < -0.39 is 11.9 Å². The van der Waals surface area contributed by atoms with Gasteiger partial charge in [0.15, 0.2) is 0 Å². The molecule has 0 spiro atoms. The second kappa shape index (κ2) is 6.47. The lowest BCUT2D eigenvalue weighted by molar-refractivity contribution is 0.0212. The fraction of sp³-hybridized carbons (Fsp3) is 0.467. The number of esters is 2. The van der Waals surface area contributed by atoms with Crippen LogP contribution in [0.4, 0.5) is 11.4 Å². The van der Waals surface area contributed by atoms with Crippen molar-refractivity contribution < 1.29 is 19.1 Å². The summed E-state index contributed by atoms with van der Waals surface area (Å²) in [6, 6.07) is 2.87. The number of rotatable bonds is 3. The first-order chi connectivity index (χ1) is 10.0. The Kier molecular flexibility index (Phi) is 4.67. The summed E-state index contributed by atoms with van der Waals surface area (Å²) in [5, 5.41) is 0. The quantitative estimate of drug-likeness (QED) is 0.653. The Morgan fingerprint density at radius 3 is 2.05 bits per heavy atom. The van der Waals surface area contributed by atoms with Crippen molar-refractivity contribution in [1.82, 2.24) is 0 Å². The Morgan fingerprint density at radius 2 is 1.52 bits per heavy atom.